The van der Waals surface area contributed by atoms with E-state index in [1.165, 1.54) is 0 Å². The van der Waals surface area contributed by atoms with Crippen LogP contribution in [-0.2, 0) is 9.47 Å². The lowest BCUT2D eigenvalue weighted by Crippen LogP contribution is -2.27. The third-order valence-electron chi connectivity index (χ3n) is 3.45. The van der Waals surface area contributed by atoms with Gasteiger partial charge in [0, 0.05) is 0 Å². The van der Waals surface area contributed by atoms with Crippen LogP contribution in [-0.4, -0.2) is 31.3 Å². The Hall–Kier alpha value is -1.41. The van der Waals surface area contributed by atoms with Gasteiger partial charge in [-0.25, -0.2) is 9.59 Å². The Bertz CT molecular complexity index is 451. The lowest BCUT2D eigenvalue weighted by Gasteiger charge is -2.17. The van der Waals surface area contributed by atoms with Gasteiger partial charge in [-0.2, -0.15) is 0 Å². The first-order chi connectivity index (χ1) is 10.6. The minimum atomic E-state index is -2.81. The van der Waals surface area contributed by atoms with Gasteiger partial charge in [0.15, 0.2) is 0 Å². The third-order valence-corrected chi connectivity index (χ3v) is 6.50. The Morgan fingerprint density at radius 3 is 1.77 bits per heavy atom. The fraction of sp³-hybridized carbons (Fsp3) is 0.529. The molecular weight excluding hydrogens is 299 g/mol. The van der Waals surface area contributed by atoms with E-state index in [9.17, 15) is 9.59 Å². The molecule has 0 aliphatic carbocycles. The Morgan fingerprint density at radius 1 is 0.909 bits per heavy atom. The van der Waals surface area contributed by atoms with Crippen molar-refractivity contribution in [3.05, 3.63) is 30.3 Å². The van der Waals surface area contributed by atoms with Crippen molar-refractivity contribution < 1.29 is 19.1 Å². The quantitative estimate of drug-likeness (QED) is 0.482. The molecule has 1 aromatic rings. The van der Waals surface area contributed by atoms with Gasteiger partial charge in [-0.15, -0.1) is 0 Å². The van der Waals surface area contributed by atoms with Crippen LogP contribution in [0.3, 0.4) is 0 Å². The number of hydrogen-bond acceptors (Lipinski definition) is 4. The highest BCUT2D eigenvalue weighted by molar-refractivity contribution is 8.08. The van der Waals surface area contributed by atoms with E-state index in [1.807, 2.05) is 32.0 Å². The van der Waals surface area contributed by atoms with E-state index in [0.717, 1.165) is 25.7 Å². The van der Waals surface area contributed by atoms with Gasteiger partial charge >= 0.3 is 11.4 Å². The molecule has 4 nitrogen and oxygen atoms in total. The molecule has 0 atom stereocenters. The normalized spacial score (nSPS) is 11.0. The van der Waals surface area contributed by atoms with Crippen LogP contribution in [0.25, 0.3) is 0 Å². The molecule has 0 N–H and O–H groups in total. The van der Waals surface area contributed by atoms with Gasteiger partial charge in [0.2, 0.25) is 0 Å². The van der Waals surface area contributed by atoms with Gasteiger partial charge in [-0.05, 0) is 25.0 Å². The molecule has 0 spiro atoms. The minimum Gasteiger partial charge on any atom is -0.435 e. The van der Waals surface area contributed by atoms with Crippen LogP contribution in [0.1, 0.15) is 39.5 Å². The molecule has 0 saturated carbocycles. The monoisotopic (exact) mass is 325 g/mol. The molecule has 122 valence electrons. The predicted octanol–water partition coefficient (Wildman–Crippen LogP) is 4.83. The summed E-state index contributed by atoms with van der Waals surface area (Å²) in [4.78, 5) is 25.1. The van der Waals surface area contributed by atoms with Crippen LogP contribution in [0.4, 0.5) is 9.59 Å². The van der Waals surface area contributed by atoms with E-state index in [2.05, 4.69) is 0 Å². The van der Waals surface area contributed by atoms with Crippen molar-refractivity contribution in [1.29, 1.82) is 0 Å². The van der Waals surface area contributed by atoms with Crippen LogP contribution in [0, 0.1) is 0 Å². The van der Waals surface area contributed by atoms with Crippen molar-refractivity contribution in [3.8, 4) is 0 Å². The summed E-state index contributed by atoms with van der Waals surface area (Å²) in [5.41, 5.74) is -0.873. The number of carbonyl (C=O) groups is 2. The summed E-state index contributed by atoms with van der Waals surface area (Å²) in [6.07, 6.45) is 3.47. The van der Waals surface area contributed by atoms with Crippen molar-refractivity contribution in [2.24, 2.45) is 0 Å². The molecule has 0 aliphatic rings. The van der Waals surface area contributed by atoms with Crippen LogP contribution in [0.2, 0.25) is 0 Å². The van der Waals surface area contributed by atoms with E-state index < -0.39 is 18.7 Å². The molecule has 0 aliphatic heterocycles. The second-order valence-corrected chi connectivity index (χ2v) is 8.54. The number of benzene rings is 1. The van der Waals surface area contributed by atoms with Crippen LogP contribution in [0.15, 0.2) is 30.3 Å². The molecule has 1 aromatic carbocycles. The summed E-state index contributed by atoms with van der Waals surface area (Å²) < 4.78 is 10.7. The average molecular weight is 325 g/mol. The molecule has 0 unspecified atom stereocenters. The van der Waals surface area contributed by atoms with Crippen molar-refractivity contribution in [2.75, 3.05) is 19.9 Å². The zero-order valence-corrected chi connectivity index (χ0v) is 14.6. The molecule has 0 heterocycles. The Balaban J connectivity index is 2.94. The SMILES string of the molecule is CCCCOC(=O)[P+](C)(C(=O)OCCCC)c1ccccc1. The lowest BCUT2D eigenvalue weighted by molar-refractivity contribution is 0.164. The maximum atomic E-state index is 12.5. The zero-order chi connectivity index (χ0) is 16.4. The van der Waals surface area contributed by atoms with Crippen LogP contribution in [0.5, 0.6) is 0 Å². The van der Waals surface area contributed by atoms with E-state index in [-0.39, 0.29) is 0 Å². The first-order valence-corrected chi connectivity index (χ1v) is 10.1. The number of unbranched alkanes of at least 4 members (excludes halogenated alkanes) is 2. The van der Waals surface area contributed by atoms with Crippen molar-refractivity contribution >= 4 is 24.0 Å². The van der Waals surface area contributed by atoms with Crippen molar-refractivity contribution in [3.63, 3.8) is 0 Å². The molecule has 0 bridgehead atoms. The summed E-state index contributed by atoms with van der Waals surface area (Å²) in [7, 11) is -2.81. The van der Waals surface area contributed by atoms with Gasteiger partial charge in [-0.1, -0.05) is 44.9 Å². The second kappa shape index (κ2) is 9.58. The molecule has 0 radical (unpaired) electrons. The van der Waals surface area contributed by atoms with Gasteiger partial charge in [-0.3, -0.25) is 0 Å². The number of ether oxygens (including phenoxy) is 2. The summed E-state index contributed by atoms with van der Waals surface area (Å²) in [6, 6.07) is 9.11. The van der Waals surface area contributed by atoms with Crippen LogP contribution < -0.4 is 5.30 Å². The highest BCUT2D eigenvalue weighted by atomic mass is 31.2. The topological polar surface area (TPSA) is 52.6 Å². The highest BCUT2D eigenvalue weighted by Gasteiger charge is 2.56. The van der Waals surface area contributed by atoms with E-state index in [0.29, 0.717) is 18.5 Å². The lowest BCUT2D eigenvalue weighted by atomic mass is 10.4. The fourth-order valence-corrected chi connectivity index (χ4v) is 3.92. The Morgan fingerprint density at radius 2 is 1.36 bits per heavy atom. The van der Waals surface area contributed by atoms with Gasteiger partial charge in [0.05, 0.1) is 19.9 Å². The number of carbonyl (C=O) groups excluding carboxylic acids is 2. The largest absolute Gasteiger partial charge is 0.468 e. The highest BCUT2D eigenvalue weighted by Crippen LogP contribution is 2.57. The van der Waals surface area contributed by atoms with Crippen LogP contribution >= 0.6 is 7.26 Å². The molecule has 0 fully saturated rings. The van der Waals surface area contributed by atoms with E-state index in [4.69, 9.17) is 9.47 Å². The number of rotatable bonds is 9. The van der Waals surface area contributed by atoms with Gasteiger partial charge < -0.3 is 9.47 Å². The molecule has 1 rings (SSSR count). The summed E-state index contributed by atoms with van der Waals surface area (Å²) >= 11 is 0. The van der Waals surface area contributed by atoms with E-state index >= 15 is 0 Å². The Kier molecular flexibility index (Phi) is 8.11. The molecule has 0 amide bonds. The smallest absolute Gasteiger partial charge is 0.435 e. The average Bonchev–Trinajstić information content (AvgIpc) is 2.55. The summed E-state index contributed by atoms with van der Waals surface area (Å²) in [5.74, 6) is 0. The molecule has 5 heteroatoms. The third kappa shape index (κ3) is 4.81. The fourth-order valence-electron chi connectivity index (χ4n) is 1.88. The summed E-state index contributed by atoms with van der Waals surface area (Å²) in [6.45, 7) is 6.43. The Labute approximate surface area is 133 Å². The van der Waals surface area contributed by atoms with Gasteiger partial charge in [0.25, 0.3) is 7.26 Å². The minimum absolute atomic E-state index is 0.347. The molecular formula is C17H26O4P+. The zero-order valence-electron chi connectivity index (χ0n) is 13.7. The maximum absolute atomic E-state index is 12.5. The van der Waals surface area contributed by atoms with Crippen molar-refractivity contribution in [2.45, 2.75) is 39.5 Å². The maximum Gasteiger partial charge on any atom is 0.468 e. The van der Waals surface area contributed by atoms with Gasteiger partial charge in [0.1, 0.15) is 5.30 Å². The number of hydrogen-bond donors (Lipinski definition) is 0. The van der Waals surface area contributed by atoms with E-state index in [1.54, 1.807) is 18.8 Å². The molecule has 22 heavy (non-hydrogen) atoms. The predicted molar refractivity (Wildman–Crippen MR) is 91.4 cm³/mol. The summed E-state index contributed by atoms with van der Waals surface area (Å²) in [5, 5.41) is 0.706. The molecule has 0 saturated heterocycles. The second-order valence-electron chi connectivity index (χ2n) is 5.28. The van der Waals surface area contributed by atoms with Crippen molar-refractivity contribution in [1.82, 2.24) is 0 Å². The molecule has 0 aromatic heterocycles. The first-order valence-electron chi connectivity index (χ1n) is 7.84. The first kappa shape index (κ1) is 18.6. The standard InChI is InChI=1S/C17H26O4P/c1-4-6-13-20-16(18)22(3,15-11-9-8-10-12-15)17(19)21-14-7-5-2/h8-12H,4-7,13-14H2,1-3H3/q+1.